The quantitative estimate of drug-likeness (QED) is 0.681. The molecule has 0 saturated carbocycles. The first-order valence-corrected chi connectivity index (χ1v) is 11.3. The molecule has 7 nitrogen and oxygen atoms in total. The van der Waals surface area contributed by atoms with Crippen molar-refractivity contribution in [3.63, 3.8) is 0 Å². The van der Waals surface area contributed by atoms with Gasteiger partial charge in [0.15, 0.2) is 5.65 Å². The molecule has 2 aromatic heterocycles. The van der Waals surface area contributed by atoms with E-state index in [1.165, 1.54) is 10.6 Å². The van der Waals surface area contributed by atoms with Gasteiger partial charge in [-0.25, -0.2) is 13.9 Å². The average Bonchev–Trinajstić information content (AvgIpc) is 3.39. The van der Waals surface area contributed by atoms with Crippen molar-refractivity contribution in [3.8, 4) is 0 Å². The normalized spacial score (nSPS) is 19.1. The summed E-state index contributed by atoms with van der Waals surface area (Å²) in [7, 11) is 0. The number of aromatic nitrogens is 3. The number of rotatable bonds is 4. The Morgan fingerprint density at radius 2 is 2.12 bits per heavy atom. The van der Waals surface area contributed by atoms with Crippen LogP contribution in [0.15, 0.2) is 35.1 Å². The molecule has 168 valence electrons. The number of halogens is 1. The molecule has 1 atom stereocenters. The molecule has 1 aromatic carbocycles. The van der Waals surface area contributed by atoms with Crippen LogP contribution >= 0.6 is 0 Å². The maximum atomic E-state index is 13.6. The molecule has 4 heterocycles. The lowest BCUT2D eigenvalue weighted by atomic mass is 10.0. The highest BCUT2D eigenvalue weighted by Crippen LogP contribution is 2.33. The van der Waals surface area contributed by atoms with Gasteiger partial charge in [-0.2, -0.15) is 0 Å². The number of nitrogens with one attached hydrogen (secondary N) is 1. The fourth-order valence-electron chi connectivity index (χ4n) is 4.97. The van der Waals surface area contributed by atoms with Gasteiger partial charge in [0.2, 0.25) is 5.91 Å². The number of benzene rings is 1. The van der Waals surface area contributed by atoms with Crippen LogP contribution in [0.2, 0.25) is 0 Å². The van der Waals surface area contributed by atoms with Gasteiger partial charge in [-0.15, -0.1) is 0 Å². The van der Waals surface area contributed by atoms with Crippen LogP contribution in [0.25, 0.3) is 5.65 Å². The molecule has 5 rings (SSSR count). The Kier molecular flexibility index (Phi) is 5.33. The molecule has 2 aliphatic rings. The van der Waals surface area contributed by atoms with Gasteiger partial charge in [0.1, 0.15) is 5.82 Å². The third kappa shape index (κ3) is 3.72. The number of nitrogens with zero attached hydrogens (tertiary/aromatic N) is 4. The topological polar surface area (TPSA) is 73.7 Å². The summed E-state index contributed by atoms with van der Waals surface area (Å²) < 4.78 is 15.2. The summed E-state index contributed by atoms with van der Waals surface area (Å²) >= 11 is 0. The minimum Gasteiger partial charge on any atom is -0.336 e. The molecule has 1 unspecified atom stereocenters. The van der Waals surface area contributed by atoms with Crippen molar-refractivity contribution in [2.45, 2.75) is 52.2 Å². The van der Waals surface area contributed by atoms with Gasteiger partial charge in [-0.3, -0.25) is 19.6 Å². The van der Waals surface area contributed by atoms with Crippen LogP contribution in [-0.4, -0.2) is 43.4 Å². The van der Waals surface area contributed by atoms with E-state index in [9.17, 15) is 14.0 Å². The summed E-state index contributed by atoms with van der Waals surface area (Å²) in [4.78, 5) is 34.4. The van der Waals surface area contributed by atoms with Crippen LogP contribution in [0.5, 0.6) is 0 Å². The first kappa shape index (κ1) is 20.9. The van der Waals surface area contributed by atoms with Crippen LogP contribution in [-0.2, 0) is 24.3 Å². The highest BCUT2D eigenvalue weighted by atomic mass is 19.1. The second-order valence-electron chi connectivity index (χ2n) is 9.17. The molecule has 32 heavy (non-hydrogen) atoms. The number of likely N-dealkylation sites (tertiary alicyclic amines) is 1. The van der Waals surface area contributed by atoms with Gasteiger partial charge in [-0.1, -0.05) is 26.0 Å². The second-order valence-corrected chi connectivity index (χ2v) is 9.17. The molecule has 0 bridgehead atoms. The molecule has 0 aliphatic carbocycles. The zero-order chi connectivity index (χ0) is 22.4. The van der Waals surface area contributed by atoms with E-state index in [1.54, 1.807) is 17.0 Å². The summed E-state index contributed by atoms with van der Waals surface area (Å²) in [6.45, 7) is 6.28. The van der Waals surface area contributed by atoms with E-state index in [0.29, 0.717) is 43.0 Å². The Morgan fingerprint density at radius 1 is 1.28 bits per heavy atom. The van der Waals surface area contributed by atoms with E-state index in [4.69, 9.17) is 4.98 Å². The Hall–Kier alpha value is -3.00. The van der Waals surface area contributed by atoms with Gasteiger partial charge in [0.05, 0.1) is 24.0 Å². The predicted molar refractivity (Wildman–Crippen MR) is 119 cm³/mol. The van der Waals surface area contributed by atoms with E-state index in [0.717, 1.165) is 30.6 Å². The summed E-state index contributed by atoms with van der Waals surface area (Å²) in [5.41, 5.74) is 3.77. The highest BCUT2D eigenvalue weighted by Gasteiger charge is 2.30. The van der Waals surface area contributed by atoms with Crippen LogP contribution in [0.4, 0.5) is 4.39 Å². The lowest BCUT2D eigenvalue weighted by Crippen LogP contribution is -2.41. The smallest absolute Gasteiger partial charge is 0.276 e. The zero-order valence-corrected chi connectivity index (χ0v) is 18.5. The number of fused-ring (bicyclic) bond motifs is 2. The number of aromatic amines is 1. The van der Waals surface area contributed by atoms with E-state index in [1.807, 2.05) is 26.0 Å². The Balaban J connectivity index is 1.44. The van der Waals surface area contributed by atoms with Crippen molar-refractivity contribution in [1.29, 1.82) is 0 Å². The van der Waals surface area contributed by atoms with Crippen LogP contribution < -0.4 is 5.56 Å². The molecule has 1 N–H and O–H groups in total. The molecule has 3 aromatic rings. The molecular weight excluding hydrogens is 409 g/mol. The molecule has 2 aliphatic heterocycles. The molecule has 1 fully saturated rings. The van der Waals surface area contributed by atoms with Crippen molar-refractivity contribution in [2.75, 3.05) is 13.1 Å². The van der Waals surface area contributed by atoms with Gasteiger partial charge in [-0.05, 0) is 43.5 Å². The van der Waals surface area contributed by atoms with E-state index >= 15 is 0 Å². The SMILES string of the molecule is CC(C)C(=O)N1CCc2c(nc3cc(C4CCCN4Cc4cccc(F)c4)[nH]n3c2=O)C1. The highest BCUT2D eigenvalue weighted by molar-refractivity contribution is 5.78. The fourth-order valence-corrected chi connectivity index (χ4v) is 4.97. The summed E-state index contributed by atoms with van der Waals surface area (Å²) in [6, 6.07) is 8.77. The van der Waals surface area contributed by atoms with Crippen molar-refractivity contribution in [3.05, 3.63) is 69.0 Å². The predicted octanol–water partition coefficient (Wildman–Crippen LogP) is 3.04. The number of H-pyrrole nitrogens is 1. The standard InChI is InChI=1S/C24H28FN5O2/c1-15(2)23(31)29-10-8-18-20(14-29)26-22-12-19(27-30(22)24(18)32)21-7-4-9-28(21)13-16-5-3-6-17(25)11-16/h3,5-6,11-12,15,21,27H,4,7-10,13-14H2,1-2H3. The average molecular weight is 438 g/mol. The van der Waals surface area contributed by atoms with Crippen molar-refractivity contribution < 1.29 is 9.18 Å². The van der Waals surface area contributed by atoms with Gasteiger partial charge in [0, 0.05) is 30.6 Å². The van der Waals surface area contributed by atoms with Crippen molar-refractivity contribution >= 4 is 11.6 Å². The van der Waals surface area contributed by atoms with E-state index in [2.05, 4.69) is 10.00 Å². The minimum atomic E-state index is -0.227. The molecule has 8 heteroatoms. The molecular formula is C24H28FN5O2. The largest absolute Gasteiger partial charge is 0.336 e. The lowest BCUT2D eigenvalue weighted by Gasteiger charge is -2.29. The van der Waals surface area contributed by atoms with Crippen LogP contribution in [0, 0.1) is 11.7 Å². The van der Waals surface area contributed by atoms with Gasteiger partial charge in [0.25, 0.3) is 5.56 Å². The van der Waals surface area contributed by atoms with Crippen LogP contribution in [0.3, 0.4) is 0 Å². The molecule has 0 radical (unpaired) electrons. The number of carbonyl (C=O) groups excluding carboxylic acids is 1. The number of carbonyl (C=O) groups is 1. The maximum absolute atomic E-state index is 13.6. The maximum Gasteiger partial charge on any atom is 0.276 e. The van der Waals surface area contributed by atoms with E-state index < -0.39 is 0 Å². The number of hydrogen-bond donors (Lipinski definition) is 1. The fraction of sp³-hybridized carbons (Fsp3) is 0.458. The third-order valence-corrected chi connectivity index (χ3v) is 6.59. The first-order valence-electron chi connectivity index (χ1n) is 11.3. The van der Waals surface area contributed by atoms with E-state index in [-0.39, 0.29) is 29.2 Å². The van der Waals surface area contributed by atoms with Crippen molar-refractivity contribution in [1.82, 2.24) is 24.4 Å². The zero-order valence-electron chi connectivity index (χ0n) is 18.5. The summed E-state index contributed by atoms with van der Waals surface area (Å²) in [6.07, 6.45) is 2.53. The summed E-state index contributed by atoms with van der Waals surface area (Å²) in [5, 5.41) is 3.28. The van der Waals surface area contributed by atoms with Gasteiger partial charge >= 0.3 is 0 Å². The Bertz CT molecular complexity index is 1230. The van der Waals surface area contributed by atoms with Crippen molar-refractivity contribution in [2.24, 2.45) is 5.92 Å². The molecule has 0 spiro atoms. The lowest BCUT2D eigenvalue weighted by molar-refractivity contribution is -0.135. The monoisotopic (exact) mass is 437 g/mol. The third-order valence-electron chi connectivity index (χ3n) is 6.59. The molecule has 1 saturated heterocycles. The Labute approximate surface area is 185 Å². The van der Waals surface area contributed by atoms with Gasteiger partial charge < -0.3 is 4.90 Å². The number of amides is 1. The summed E-state index contributed by atoms with van der Waals surface area (Å²) in [5.74, 6) is -0.215. The van der Waals surface area contributed by atoms with Crippen LogP contribution in [0.1, 0.15) is 55.2 Å². The Morgan fingerprint density at radius 3 is 2.91 bits per heavy atom. The molecule has 1 amide bonds. The second kappa shape index (κ2) is 8.16. The number of hydrogen-bond acceptors (Lipinski definition) is 4. The first-order chi connectivity index (χ1) is 15.4. The minimum absolute atomic E-state index is 0.0771.